The fraction of sp³-hybridized carbons (Fsp3) is 0.500. The predicted octanol–water partition coefficient (Wildman–Crippen LogP) is 1.21. The van der Waals surface area contributed by atoms with Gasteiger partial charge in [-0.05, 0) is 6.92 Å². The largest absolute Gasteiger partial charge is 0.365 e. The Morgan fingerprint density at radius 3 is 2.50 bits per heavy atom. The minimum absolute atomic E-state index is 0.133. The molecular weight excluding hydrogens is 156 g/mol. The summed E-state index contributed by atoms with van der Waals surface area (Å²) in [6.45, 7) is 5.55. The van der Waals surface area contributed by atoms with Crippen LogP contribution in [-0.4, -0.2) is 11.1 Å². The predicted molar refractivity (Wildman–Crippen MR) is 43.8 cm³/mol. The molecule has 2 N–H and O–H groups in total. The fourth-order valence-electron chi connectivity index (χ4n) is 1.08. The van der Waals surface area contributed by atoms with Gasteiger partial charge in [0, 0.05) is 5.92 Å². The highest BCUT2D eigenvalue weighted by atomic mass is 16.5. The molecule has 0 unspecified atom stereocenters. The summed E-state index contributed by atoms with van der Waals surface area (Å²) in [6.07, 6.45) is 0. The number of carbonyl (C=O) groups excluding carboxylic acids is 1. The maximum atomic E-state index is 10.9. The highest BCUT2D eigenvalue weighted by Crippen LogP contribution is 2.21. The molecule has 0 atom stereocenters. The Morgan fingerprint density at radius 1 is 1.58 bits per heavy atom. The monoisotopic (exact) mass is 168 g/mol. The molecule has 0 aliphatic carbocycles. The minimum atomic E-state index is -0.475. The van der Waals surface area contributed by atoms with E-state index < -0.39 is 5.91 Å². The number of nitrogens with two attached hydrogens (primary N) is 1. The molecular formula is C8H12N2O2. The summed E-state index contributed by atoms with van der Waals surface area (Å²) in [5.41, 5.74) is 6.14. The van der Waals surface area contributed by atoms with Gasteiger partial charge in [0.2, 0.25) is 0 Å². The quantitative estimate of drug-likeness (QED) is 0.721. The lowest BCUT2D eigenvalue weighted by molar-refractivity contribution is 0.0997. The summed E-state index contributed by atoms with van der Waals surface area (Å²) >= 11 is 0. The first-order valence-corrected chi connectivity index (χ1v) is 3.80. The second-order valence-electron chi connectivity index (χ2n) is 3.03. The van der Waals surface area contributed by atoms with Crippen LogP contribution in [0.3, 0.4) is 0 Å². The summed E-state index contributed by atoms with van der Waals surface area (Å²) in [5, 5.41) is 3.68. The number of amides is 1. The van der Waals surface area contributed by atoms with E-state index in [2.05, 4.69) is 5.16 Å². The lowest BCUT2D eigenvalue weighted by Gasteiger charge is -1.99. The maximum absolute atomic E-state index is 10.9. The number of hydrogen-bond donors (Lipinski definition) is 1. The van der Waals surface area contributed by atoms with E-state index in [4.69, 9.17) is 10.3 Å². The average Bonchev–Trinajstić information content (AvgIpc) is 2.30. The van der Waals surface area contributed by atoms with Gasteiger partial charge in [-0.2, -0.15) is 0 Å². The fourth-order valence-corrected chi connectivity index (χ4v) is 1.08. The molecule has 1 aromatic heterocycles. The molecule has 0 saturated carbocycles. The number of nitrogens with zero attached hydrogens (tertiary/aromatic N) is 1. The second-order valence-corrected chi connectivity index (χ2v) is 3.03. The average molecular weight is 168 g/mol. The molecule has 1 aromatic rings. The molecule has 0 radical (unpaired) electrons. The van der Waals surface area contributed by atoms with Crippen molar-refractivity contribution in [2.75, 3.05) is 0 Å². The molecule has 1 heterocycles. The zero-order valence-electron chi connectivity index (χ0n) is 7.42. The smallest absolute Gasteiger partial charge is 0.254 e. The third kappa shape index (κ3) is 1.32. The molecule has 12 heavy (non-hydrogen) atoms. The van der Waals surface area contributed by atoms with Crippen LogP contribution in [0.1, 0.15) is 41.6 Å². The van der Waals surface area contributed by atoms with Gasteiger partial charge in [-0.3, -0.25) is 4.79 Å². The van der Waals surface area contributed by atoms with E-state index in [1.165, 1.54) is 0 Å². The van der Waals surface area contributed by atoms with Crippen LogP contribution in [0.2, 0.25) is 0 Å². The molecule has 0 spiro atoms. The van der Waals surface area contributed by atoms with Crippen LogP contribution in [0.15, 0.2) is 4.52 Å². The van der Waals surface area contributed by atoms with Gasteiger partial charge in [-0.15, -0.1) is 0 Å². The van der Waals surface area contributed by atoms with Crippen LogP contribution in [0.4, 0.5) is 0 Å². The molecule has 66 valence electrons. The van der Waals surface area contributed by atoms with E-state index in [-0.39, 0.29) is 5.92 Å². The number of primary amides is 1. The Balaban J connectivity index is 3.21. The van der Waals surface area contributed by atoms with Crippen molar-refractivity contribution in [3.05, 3.63) is 17.0 Å². The molecule has 1 amide bonds. The third-order valence-corrected chi connectivity index (χ3v) is 1.66. The van der Waals surface area contributed by atoms with Crippen molar-refractivity contribution in [2.45, 2.75) is 26.7 Å². The minimum Gasteiger partial charge on any atom is -0.365 e. The molecule has 0 bridgehead atoms. The number of carbonyl (C=O) groups is 1. The van der Waals surface area contributed by atoms with E-state index in [0.29, 0.717) is 17.0 Å². The Labute approximate surface area is 70.7 Å². The summed E-state index contributed by atoms with van der Waals surface area (Å²) in [7, 11) is 0. The van der Waals surface area contributed by atoms with E-state index in [1.807, 2.05) is 13.8 Å². The van der Waals surface area contributed by atoms with E-state index in [1.54, 1.807) is 6.92 Å². The van der Waals surface area contributed by atoms with E-state index in [0.717, 1.165) is 0 Å². The molecule has 0 aromatic carbocycles. The van der Waals surface area contributed by atoms with Crippen LogP contribution in [0.25, 0.3) is 0 Å². The van der Waals surface area contributed by atoms with Crippen molar-refractivity contribution >= 4 is 5.91 Å². The summed E-state index contributed by atoms with van der Waals surface area (Å²) in [6, 6.07) is 0. The Morgan fingerprint density at radius 2 is 2.17 bits per heavy atom. The van der Waals surface area contributed by atoms with Crippen LogP contribution in [0.5, 0.6) is 0 Å². The first-order valence-electron chi connectivity index (χ1n) is 3.80. The SMILES string of the molecule is Cc1noc(C(C)C)c1C(N)=O. The first-order chi connectivity index (χ1) is 5.54. The second kappa shape index (κ2) is 2.97. The molecule has 0 saturated heterocycles. The topological polar surface area (TPSA) is 69.1 Å². The van der Waals surface area contributed by atoms with Crippen LogP contribution in [0, 0.1) is 6.92 Å². The van der Waals surface area contributed by atoms with Gasteiger partial charge >= 0.3 is 0 Å². The lowest BCUT2D eigenvalue weighted by atomic mass is 10.1. The summed E-state index contributed by atoms with van der Waals surface area (Å²) in [4.78, 5) is 10.9. The van der Waals surface area contributed by atoms with Gasteiger partial charge in [0.1, 0.15) is 5.56 Å². The first kappa shape index (κ1) is 8.77. The van der Waals surface area contributed by atoms with Crippen molar-refractivity contribution < 1.29 is 9.32 Å². The lowest BCUT2D eigenvalue weighted by Crippen LogP contribution is -2.14. The number of aromatic nitrogens is 1. The highest BCUT2D eigenvalue weighted by Gasteiger charge is 2.19. The molecule has 4 heteroatoms. The van der Waals surface area contributed by atoms with Gasteiger partial charge in [-0.25, -0.2) is 0 Å². The van der Waals surface area contributed by atoms with Crippen LogP contribution < -0.4 is 5.73 Å². The number of aryl methyl sites for hydroxylation is 1. The van der Waals surface area contributed by atoms with Crippen molar-refractivity contribution in [1.29, 1.82) is 0 Å². The third-order valence-electron chi connectivity index (χ3n) is 1.66. The summed E-state index contributed by atoms with van der Waals surface area (Å²) in [5.74, 6) is 0.228. The normalized spacial score (nSPS) is 10.7. The molecule has 0 aliphatic heterocycles. The van der Waals surface area contributed by atoms with E-state index >= 15 is 0 Å². The van der Waals surface area contributed by atoms with Crippen molar-refractivity contribution in [2.24, 2.45) is 5.73 Å². The van der Waals surface area contributed by atoms with Gasteiger partial charge in [0.05, 0.1) is 5.69 Å². The highest BCUT2D eigenvalue weighted by molar-refractivity contribution is 5.94. The number of hydrogen-bond acceptors (Lipinski definition) is 3. The van der Waals surface area contributed by atoms with Gasteiger partial charge in [0.15, 0.2) is 5.76 Å². The molecule has 0 aliphatic rings. The van der Waals surface area contributed by atoms with Gasteiger partial charge in [0.25, 0.3) is 5.91 Å². The number of rotatable bonds is 2. The zero-order chi connectivity index (χ0) is 9.30. The Bertz CT molecular complexity index is 302. The van der Waals surface area contributed by atoms with E-state index in [9.17, 15) is 4.79 Å². The Hall–Kier alpha value is -1.32. The van der Waals surface area contributed by atoms with Crippen molar-refractivity contribution in [1.82, 2.24) is 5.16 Å². The summed E-state index contributed by atoms with van der Waals surface area (Å²) < 4.78 is 4.97. The van der Waals surface area contributed by atoms with Crippen molar-refractivity contribution in [3.8, 4) is 0 Å². The molecule has 1 rings (SSSR count). The Kier molecular flexibility index (Phi) is 2.17. The van der Waals surface area contributed by atoms with Crippen molar-refractivity contribution in [3.63, 3.8) is 0 Å². The standard InChI is InChI=1S/C8H12N2O2/c1-4(2)7-6(8(9)11)5(3)10-12-7/h4H,1-3H3,(H2,9,11). The molecule has 0 fully saturated rings. The van der Waals surface area contributed by atoms with Gasteiger partial charge in [-0.1, -0.05) is 19.0 Å². The van der Waals surface area contributed by atoms with Gasteiger partial charge < -0.3 is 10.3 Å². The van der Waals surface area contributed by atoms with Crippen LogP contribution in [-0.2, 0) is 0 Å². The molecule has 4 nitrogen and oxygen atoms in total. The zero-order valence-corrected chi connectivity index (χ0v) is 7.42. The van der Waals surface area contributed by atoms with Crippen LogP contribution >= 0.6 is 0 Å². The maximum Gasteiger partial charge on any atom is 0.254 e.